The minimum Gasteiger partial charge on any atom is -0.465 e. The first-order valence-electron chi connectivity index (χ1n) is 5.11. The van der Waals surface area contributed by atoms with Crippen LogP contribution in [0.1, 0.15) is 10.4 Å². The lowest BCUT2D eigenvalue weighted by Gasteiger charge is -2.07. The van der Waals surface area contributed by atoms with Crippen molar-refractivity contribution in [3.63, 3.8) is 0 Å². The van der Waals surface area contributed by atoms with Crippen LogP contribution in [0.2, 0.25) is 0 Å². The van der Waals surface area contributed by atoms with Gasteiger partial charge in [0.2, 0.25) is 0 Å². The molecule has 17 heavy (non-hydrogen) atoms. The molecule has 0 unspecified atom stereocenters. The maximum atomic E-state index is 11.8. The van der Waals surface area contributed by atoms with Gasteiger partial charge in [0.05, 0.1) is 25.9 Å². The number of rotatable bonds is 6. The normalized spacial score (nSPS) is 10.2. The summed E-state index contributed by atoms with van der Waals surface area (Å²) in [6.07, 6.45) is 1.40. The molecule has 0 aliphatic rings. The summed E-state index contributed by atoms with van der Waals surface area (Å²) in [4.78, 5) is 22.7. The van der Waals surface area contributed by atoms with Gasteiger partial charge in [0.1, 0.15) is 6.67 Å². The van der Waals surface area contributed by atoms with Gasteiger partial charge in [0.15, 0.2) is 0 Å². The number of pyridine rings is 1. The number of nitrogens with zero attached hydrogens (tertiary/aromatic N) is 1. The first-order valence-corrected chi connectivity index (χ1v) is 5.11. The van der Waals surface area contributed by atoms with Gasteiger partial charge in [-0.25, -0.2) is 9.18 Å². The fourth-order valence-corrected chi connectivity index (χ4v) is 1.26. The van der Waals surface area contributed by atoms with Gasteiger partial charge >= 0.3 is 5.97 Å². The average molecular weight is 243 g/mol. The number of carbonyl (C=O) groups excluding carboxylic acids is 1. The van der Waals surface area contributed by atoms with Crippen LogP contribution in [0.25, 0.3) is 0 Å². The molecule has 0 spiro atoms. The van der Waals surface area contributed by atoms with Gasteiger partial charge in [-0.1, -0.05) is 0 Å². The molecule has 0 aliphatic heterocycles. The van der Waals surface area contributed by atoms with Crippen molar-refractivity contribution < 1.29 is 18.7 Å². The summed E-state index contributed by atoms with van der Waals surface area (Å²) in [5.74, 6) is -0.511. The van der Waals surface area contributed by atoms with Crippen molar-refractivity contribution in [2.24, 2.45) is 0 Å². The molecule has 0 saturated heterocycles. The molecule has 1 rings (SSSR count). The second-order valence-corrected chi connectivity index (χ2v) is 3.24. The monoisotopic (exact) mass is 243 g/mol. The fraction of sp³-hybridized carbons (Fsp3) is 0.455. The number of halogens is 1. The quantitative estimate of drug-likeness (QED) is 0.543. The van der Waals surface area contributed by atoms with E-state index in [0.29, 0.717) is 0 Å². The summed E-state index contributed by atoms with van der Waals surface area (Å²) in [6.45, 7) is -0.0688. The summed E-state index contributed by atoms with van der Waals surface area (Å²) < 4.78 is 22.5. The smallest absolute Gasteiger partial charge is 0.339 e. The highest BCUT2D eigenvalue weighted by atomic mass is 19.1. The Morgan fingerprint density at radius 3 is 2.82 bits per heavy atom. The van der Waals surface area contributed by atoms with E-state index in [2.05, 4.69) is 4.74 Å². The Balaban J connectivity index is 2.70. The van der Waals surface area contributed by atoms with E-state index in [1.165, 1.54) is 30.0 Å². The lowest BCUT2D eigenvalue weighted by atomic mass is 10.3. The number of methoxy groups -OCH3 is 1. The van der Waals surface area contributed by atoms with Crippen LogP contribution in [0.3, 0.4) is 0 Å². The third kappa shape index (κ3) is 3.99. The molecule has 0 aromatic carbocycles. The van der Waals surface area contributed by atoms with E-state index in [4.69, 9.17) is 4.74 Å². The minimum absolute atomic E-state index is 0.00540. The first-order chi connectivity index (χ1) is 8.19. The van der Waals surface area contributed by atoms with Crippen molar-refractivity contribution in [2.45, 2.75) is 6.54 Å². The maximum absolute atomic E-state index is 11.8. The SMILES string of the molecule is COC(=O)c1ccc(=O)n(CCOCCF)c1. The molecule has 0 atom stereocenters. The molecule has 6 heteroatoms. The molecule has 0 bridgehead atoms. The van der Waals surface area contributed by atoms with E-state index in [1.54, 1.807) is 0 Å². The second-order valence-electron chi connectivity index (χ2n) is 3.24. The number of esters is 1. The molecule has 5 nitrogen and oxygen atoms in total. The first kappa shape index (κ1) is 13.4. The van der Waals surface area contributed by atoms with Crippen LogP contribution in [0.4, 0.5) is 4.39 Å². The molecule has 1 heterocycles. The van der Waals surface area contributed by atoms with Crippen LogP contribution in [-0.2, 0) is 16.0 Å². The van der Waals surface area contributed by atoms with Crippen LogP contribution in [0.5, 0.6) is 0 Å². The zero-order chi connectivity index (χ0) is 12.7. The highest BCUT2D eigenvalue weighted by Crippen LogP contribution is 1.98. The van der Waals surface area contributed by atoms with Crippen LogP contribution in [-0.4, -0.2) is 37.5 Å². The van der Waals surface area contributed by atoms with Crippen molar-refractivity contribution >= 4 is 5.97 Å². The Labute approximate surface area is 97.8 Å². The third-order valence-corrected chi connectivity index (χ3v) is 2.10. The highest BCUT2D eigenvalue weighted by Gasteiger charge is 2.06. The lowest BCUT2D eigenvalue weighted by Crippen LogP contribution is -2.23. The Hall–Kier alpha value is -1.69. The van der Waals surface area contributed by atoms with Crippen LogP contribution in [0, 0.1) is 0 Å². The van der Waals surface area contributed by atoms with E-state index in [9.17, 15) is 14.0 Å². The molecule has 0 fully saturated rings. The predicted molar refractivity (Wildman–Crippen MR) is 58.8 cm³/mol. The van der Waals surface area contributed by atoms with Crippen molar-refractivity contribution in [3.05, 3.63) is 34.2 Å². The topological polar surface area (TPSA) is 57.5 Å². The number of ether oxygens (including phenoxy) is 2. The standard InChI is InChI=1S/C11H14FNO4/c1-16-11(15)9-2-3-10(14)13(8-9)5-7-17-6-4-12/h2-3,8H,4-7H2,1H3. The van der Waals surface area contributed by atoms with Gasteiger partial charge in [-0.15, -0.1) is 0 Å². The largest absolute Gasteiger partial charge is 0.465 e. The zero-order valence-electron chi connectivity index (χ0n) is 9.52. The number of carbonyl (C=O) groups is 1. The van der Waals surface area contributed by atoms with Crippen LogP contribution >= 0.6 is 0 Å². The van der Waals surface area contributed by atoms with Crippen molar-refractivity contribution in [1.82, 2.24) is 4.57 Å². The second kappa shape index (κ2) is 6.80. The van der Waals surface area contributed by atoms with Gasteiger partial charge in [0, 0.05) is 18.8 Å². The maximum Gasteiger partial charge on any atom is 0.339 e. The van der Waals surface area contributed by atoms with Gasteiger partial charge in [-0.2, -0.15) is 0 Å². The van der Waals surface area contributed by atoms with E-state index in [1.807, 2.05) is 0 Å². The van der Waals surface area contributed by atoms with Crippen molar-refractivity contribution in [1.29, 1.82) is 0 Å². The lowest BCUT2D eigenvalue weighted by molar-refractivity contribution is 0.0599. The zero-order valence-corrected chi connectivity index (χ0v) is 9.52. The number of alkyl halides is 1. The fourth-order valence-electron chi connectivity index (χ4n) is 1.26. The summed E-state index contributed by atoms with van der Waals surface area (Å²) >= 11 is 0. The predicted octanol–water partition coefficient (Wildman–Crippen LogP) is 0.621. The number of aromatic nitrogens is 1. The number of hydrogen-bond acceptors (Lipinski definition) is 4. The van der Waals surface area contributed by atoms with Crippen LogP contribution in [0.15, 0.2) is 23.1 Å². The highest BCUT2D eigenvalue weighted by molar-refractivity contribution is 5.88. The summed E-state index contributed by atoms with van der Waals surface area (Å²) in [5.41, 5.74) is 0.0408. The summed E-state index contributed by atoms with van der Waals surface area (Å²) in [7, 11) is 1.27. The molecule has 0 radical (unpaired) electrons. The molecule has 1 aromatic rings. The van der Waals surface area contributed by atoms with Gasteiger partial charge in [-0.05, 0) is 6.07 Å². The Morgan fingerprint density at radius 2 is 2.18 bits per heavy atom. The molecular formula is C11H14FNO4. The molecule has 0 aliphatic carbocycles. The molecule has 94 valence electrons. The van der Waals surface area contributed by atoms with Crippen LogP contribution < -0.4 is 5.56 Å². The van der Waals surface area contributed by atoms with E-state index >= 15 is 0 Å². The summed E-state index contributed by atoms with van der Waals surface area (Å²) in [5, 5.41) is 0. The average Bonchev–Trinajstić information content (AvgIpc) is 2.35. The Bertz CT molecular complexity index is 430. The van der Waals surface area contributed by atoms with E-state index in [0.717, 1.165) is 0 Å². The minimum atomic E-state index is -0.558. The molecule has 0 N–H and O–H groups in total. The Morgan fingerprint density at radius 1 is 1.41 bits per heavy atom. The van der Waals surface area contributed by atoms with Crippen molar-refractivity contribution in [3.8, 4) is 0 Å². The molecule has 0 saturated carbocycles. The van der Waals surface area contributed by atoms with Gasteiger partial charge < -0.3 is 14.0 Å². The van der Waals surface area contributed by atoms with Crippen molar-refractivity contribution in [2.75, 3.05) is 27.0 Å². The Kier molecular flexibility index (Phi) is 5.35. The summed E-state index contributed by atoms with van der Waals surface area (Å²) in [6, 6.07) is 2.68. The molecular weight excluding hydrogens is 229 g/mol. The molecule has 0 amide bonds. The molecule has 1 aromatic heterocycles. The van der Waals surface area contributed by atoms with Gasteiger partial charge in [0.25, 0.3) is 5.56 Å². The van der Waals surface area contributed by atoms with Gasteiger partial charge in [-0.3, -0.25) is 4.79 Å². The van der Waals surface area contributed by atoms with E-state index in [-0.39, 0.29) is 30.9 Å². The van der Waals surface area contributed by atoms with E-state index < -0.39 is 12.6 Å². The third-order valence-electron chi connectivity index (χ3n) is 2.10. The number of hydrogen-bond donors (Lipinski definition) is 0.